The van der Waals surface area contributed by atoms with Crippen molar-refractivity contribution in [1.82, 2.24) is 9.97 Å². The van der Waals surface area contributed by atoms with Crippen LogP contribution in [0.3, 0.4) is 0 Å². The van der Waals surface area contributed by atoms with Crippen LogP contribution in [0.1, 0.15) is 39.7 Å². The molecule has 4 nitrogen and oxygen atoms in total. The smallest absolute Gasteiger partial charge is 0.383 e. The Bertz CT molecular complexity index is 438. The molecule has 0 unspecified atom stereocenters. The van der Waals surface area contributed by atoms with Crippen LogP contribution >= 0.6 is 0 Å². The maximum Gasteiger partial charge on any atom is 0.421 e. The van der Waals surface area contributed by atoms with Crippen LogP contribution in [0.4, 0.5) is 24.9 Å². The maximum atomic E-state index is 12.5. The highest BCUT2D eigenvalue weighted by Gasteiger charge is 2.34. The van der Waals surface area contributed by atoms with E-state index in [1.165, 1.54) is 0 Å². The molecule has 7 heteroatoms. The molecule has 0 saturated heterocycles. The summed E-state index contributed by atoms with van der Waals surface area (Å²) in [6, 6.07) is 0.0450. The van der Waals surface area contributed by atoms with Crippen LogP contribution in [-0.2, 0) is 6.18 Å². The average molecular weight is 276 g/mol. The van der Waals surface area contributed by atoms with Crippen molar-refractivity contribution in [3.63, 3.8) is 0 Å². The molecule has 0 amide bonds. The van der Waals surface area contributed by atoms with Crippen molar-refractivity contribution in [2.24, 2.45) is 5.41 Å². The monoisotopic (exact) mass is 276 g/mol. The molecule has 3 N–H and O–H groups in total. The highest BCUT2D eigenvalue weighted by atomic mass is 19.4. The predicted molar refractivity (Wildman–Crippen MR) is 68.6 cm³/mol. The summed E-state index contributed by atoms with van der Waals surface area (Å²) in [7, 11) is 0. The lowest BCUT2D eigenvalue weighted by Gasteiger charge is -2.30. The summed E-state index contributed by atoms with van der Waals surface area (Å²) in [6.07, 6.45) is -3.02. The van der Waals surface area contributed by atoms with Crippen molar-refractivity contribution in [2.45, 2.75) is 46.3 Å². The van der Waals surface area contributed by atoms with Crippen molar-refractivity contribution in [2.75, 3.05) is 11.1 Å². The Morgan fingerprint density at radius 2 is 1.89 bits per heavy atom. The molecule has 19 heavy (non-hydrogen) atoms. The number of nitrogens with zero attached hydrogens (tertiary/aromatic N) is 2. The molecule has 0 radical (unpaired) electrons. The zero-order valence-electron chi connectivity index (χ0n) is 11.5. The van der Waals surface area contributed by atoms with Crippen LogP contribution in [0.25, 0.3) is 0 Å². The zero-order chi connectivity index (χ0) is 14.8. The van der Waals surface area contributed by atoms with Crippen LogP contribution in [0.5, 0.6) is 0 Å². The predicted octanol–water partition coefficient (Wildman–Crippen LogP) is 3.31. The number of nitrogen functional groups attached to an aromatic ring is 1. The van der Waals surface area contributed by atoms with Gasteiger partial charge in [0.2, 0.25) is 5.95 Å². The van der Waals surface area contributed by atoms with Gasteiger partial charge in [-0.2, -0.15) is 18.2 Å². The molecular weight excluding hydrogens is 257 g/mol. The largest absolute Gasteiger partial charge is 0.421 e. The Morgan fingerprint density at radius 3 is 2.26 bits per heavy atom. The third-order valence-electron chi connectivity index (χ3n) is 2.88. The van der Waals surface area contributed by atoms with Crippen LogP contribution < -0.4 is 11.1 Å². The fourth-order valence-corrected chi connectivity index (χ4v) is 1.77. The number of rotatable bonds is 3. The minimum absolute atomic E-state index is 0.0450. The summed E-state index contributed by atoms with van der Waals surface area (Å²) >= 11 is 0. The SMILES string of the molecule is CC[C@@H](Nc1ncc(C(F)(F)F)c(N)n1)C(C)(C)C. The van der Waals surface area contributed by atoms with Gasteiger partial charge in [-0.15, -0.1) is 0 Å². The second-order valence-electron chi connectivity index (χ2n) is 5.46. The van der Waals surface area contributed by atoms with E-state index < -0.39 is 17.6 Å². The molecule has 0 spiro atoms. The first-order chi connectivity index (χ1) is 8.55. The zero-order valence-corrected chi connectivity index (χ0v) is 11.5. The molecule has 1 rings (SSSR count). The number of aromatic nitrogens is 2. The second-order valence-corrected chi connectivity index (χ2v) is 5.46. The Hall–Kier alpha value is -1.53. The number of hydrogen-bond acceptors (Lipinski definition) is 4. The quantitative estimate of drug-likeness (QED) is 0.889. The lowest BCUT2D eigenvalue weighted by molar-refractivity contribution is -0.137. The van der Waals surface area contributed by atoms with Crippen molar-refractivity contribution >= 4 is 11.8 Å². The van der Waals surface area contributed by atoms with Gasteiger partial charge in [0.25, 0.3) is 0 Å². The fraction of sp³-hybridized carbons (Fsp3) is 0.667. The summed E-state index contributed by atoms with van der Waals surface area (Å²) in [5.41, 5.74) is 4.25. The van der Waals surface area contributed by atoms with Gasteiger partial charge in [0.15, 0.2) is 0 Å². The summed E-state index contributed by atoms with van der Waals surface area (Å²) in [5, 5.41) is 3.02. The van der Waals surface area contributed by atoms with Gasteiger partial charge in [0.05, 0.1) is 0 Å². The molecule has 0 fully saturated rings. The lowest BCUT2D eigenvalue weighted by Crippen LogP contribution is -2.34. The first-order valence-corrected chi connectivity index (χ1v) is 6.02. The Labute approximate surface area is 110 Å². The lowest BCUT2D eigenvalue weighted by atomic mass is 9.85. The number of alkyl halides is 3. The summed E-state index contributed by atoms with van der Waals surface area (Å²) in [5.74, 6) is -0.443. The van der Waals surface area contributed by atoms with Gasteiger partial charge in [0.1, 0.15) is 11.4 Å². The molecule has 1 aromatic rings. The normalized spacial score (nSPS) is 14.3. The first kappa shape index (κ1) is 15.5. The standard InChI is InChI=1S/C12H19F3N4/c1-5-8(11(2,3)4)18-10-17-6-7(9(16)19-10)12(13,14)15/h6,8H,5H2,1-4H3,(H3,16,17,18,19)/t8-/m1/s1. The van der Waals surface area contributed by atoms with E-state index in [0.29, 0.717) is 6.20 Å². The van der Waals surface area contributed by atoms with E-state index in [-0.39, 0.29) is 17.4 Å². The van der Waals surface area contributed by atoms with E-state index in [1.807, 2.05) is 27.7 Å². The summed E-state index contributed by atoms with van der Waals surface area (Å²) < 4.78 is 37.6. The molecule has 1 atom stereocenters. The maximum absolute atomic E-state index is 12.5. The number of halogens is 3. The van der Waals surface area contributed by atoms with Gasteiger partial charge in [-0.3, -0.25) is 0 Å². The van der Waals surface area contributed by atoms with Gasteiger partial charge in [0, 0.05) is 12.2 Å². The van der Waals surface area contributed by atoms with Gasteiger partial charge in [-0.05, 0) is 11.8 Å². The highest BCUT2D eigenvalue weighted by Crippen LogP contribution is 2.32. The van der Waals surface area contributed by atoms with E-state index in [2.05, 4.69) is 15.3 Å². The fourth-order valence-electron chi connectivity index (χ4n) is 1.77. The molecule has 0 aliphatic carbocycles. The topological polar surface area (TPSA) is 63.8 Å². The van der Waals surface area contributed by atoms with E-state index in [1.54, 1.807) is 0 Å². The van der Waals surface area contributed by atoms with Gasteiger partial charge in [-0.25, -0.2) is 4.98 Å². The summed E-state index contributed by atoms with van der Waals surface area (Å²) in [6.45, 7) is 8.07. The van der Waals surface area contributed by atoms with Crippen LogP contribution in [0.2, 0.25) is 0 Å². The third kappa shape index (κ3) is 3.97. The third-order valence-corrected chi connectivity index (χ3v) is 2.88. The molecule has 0 saturated carbocycles. The Balaban J connectivity index is 2.96. The Morgan fingerprint density at radius 1 is 1.32 bits per heavy atom. The molecule has 0 bridgehead atoms. The number of nitrogens with two attached hydrogens (primary N) is 1. The van der Waals surface area contributed by atoms with E-state index in [0.717, 1.165) is 6.42 Å². The average Bonchev–Trinajstić information content (AvgIpc) is 2.22. The van der Waals surface area contributed by atoms with Crippen molar-refractivity contribution in [1.29, 1.82) is 0 Å². The van der Waals surface area contributed by atoms with Crippen LogP contribution in [0.15, 0.2) is 6.20 Å². The van der Waals surface area contributed by atoms with Crippen LogP contribution in [-0.4, -0.2) is 16.0 Å². The van der Waals surface area contributed by atoms with Gasteiger partial charge in [-0.1, -0.05) is 27.7 Å². The number of anilines is 2. The van der Waals surface area contributed by atoms with E-state index >= 15 is 0 Å². The van der Waals surface area contributed by atoms with E-state index in [9.17, 15) is 13.2 Å². The molecule has 1 heterocycles. The molecule has 108 valence electrons. The number of nitrogens with one attached hydrogen (secondary N) is 1. The molecule has 1 aromatic heterocycles. The minimum Gasteiger partial charge on any atom is -0.383 e. The van der Waals surface area contributed by atoms with Gasteiger partial charge >= 0.3 is 6.18 Å². The summed E-state index contributed by atoms with van der Waals surface area (Å²) in [4.78, 5) is 7.36. The van der Waals surface area contributed by atoms with E-state index in [4.69, 9.17) is 5.73 Å². The van der Waals surface area contributed by atoms with Gasteiger partial charge < -0.3 is 11.1 Å². The highest BCUT2D eigenvalue weighted by molar-refractivity contribution is 5.45. The molecule has 0 aliphatic heterocycles. The van der Waals surface area contributed by atoms with Crippen molar-refractivity contribution in [3.8, 4) is 0 Å². The molecular formula is C12H19F3N4. The Kier molecular flexibility index (Phi) is 4.27. The van der Waals surface area contributed by atoms with Crippen molar-refractivity contribution < 1.29 is 13.2 Å². The number of hydrogen-bond donors (Lipinski definition) is 2. The first-order valence-electron chi connectivity index (χ1n) is 6.02. The van der Waals surface area contributed by atoms with Crippen LogP contribution in [0, 0.1) is 5.41 Å². The minimum atomic E-state index is -4.53. The second kappa shape index (κ2) is 5.22. The molecule has 0 aliphatic rings. The van der Waals surface area contributed by atoms with Crippen molar-refractivity contribution in [3.05, 3.63) is 11.8 Å². The molecule has 0 aromatic carbocycles.